The standard InChI is InChI=1S/C30H35ClN6O2/c31-26-16-20(6-9-28(26)39-22-4-3-5-22)18-34-12-2-1-11-33-14-15-36-30-24-10-13-35-19-25(24)23-8-7-21(29(32)38)17-27(23)37-30/h6-10,13,16-17,19,22,33-34H,1-5,11-12,14-15,18H2,(H2,32,38)(H,36,37). The SMILES string of the molecule is NC(=O)c1ccc2c(c1)nc(NCCNCCCCNCc1ccc(OC3CCC3)c(Cl)c1)c1ccncc12. The lowest BCUT2D eigenvalue weighted by atomic mass is 9.96. The maximum absolute atomic E-state index is 11.6. The molecule has 2 aromatic carbocycles. The average molecular weight is 547 g/mol. The van der Waals surface area contributed by atoms with Gasteiger partial charge in [0.05, 0.1) is 16.6 Å². The predicted molar refractivity (Wildman–Crippen MR) is 158 cm³/mol. The highest BCUT2D eigenvalue weighted by Gasteiger charge is 2.20. The molecule has 0 atom stereocenters. The molecule has 39 heavy (non-hydrogen) atoms. The number of benzene rings is 2. The molecule has 1 aliphatic rings. The zero-order valence-corrected chi connectivity index (χ0v) is 22.8. The number of carbonyl (C=O) groups excluding carboxylic acids is 1. The van der Waals surface area contributed by atoms with Crippen LogP contribution in [0.4, 0.5) is 5.82 Å². The number of nitrogens with zero attached hydrogens (tertiary/aromatic N) is 2. The van der Waals surface area contributed by atoms with Gasteiger partial charge < -0.3 is 26.4 Å². The van der Waals surface area contributed by atoms with Gasteiger partial charge in [-0.2, -0.15) is 0 Å². The van der Waals surface area contributed by atoms with Crippen LogP contribution in [-0.4, -0.2) is 48.2 Å². The monoisotopic (exact) mass is 546 g/mol. The Balaban J connectivity index is 1.01. The van der Waals surface area contributed by atoms with Crippen LogP contribution in [-0.2, 0) is 6.54 Å². The summed E-state index contributed by atoms with van der Waals surface area (Å²) in [5.74, 6) is 1.10. The van der Waals surface area contributed by atoms with E-state index in [9.17, 15) is 4.79 Å². The first kappa shape index (κ1) is 27.1. The van der Waals surface area contributed by atoms with E-state index < -0.39 is 5.91 Å². The van der Waals surface area contributed by atoms with Crippen molar-refractivity contribution in [3.05, 3.63) is 71.0 Å². The maximum Gasteiger partial charge on any atom is 0.248 e. The second-order valence-electron chi connectivity index (χ2n) is 9.97. The highest BCUT2D eigenvalue weighted by molar-refractivity contribution is 6.32. The summed E-state index contributed by atoms with van der Waals surface area (Å²) in [4.78, 5) is 20.7. The van der Waals surface area contributed by atoms with Gasteiger partial charge >= 0.3 is 0 Å². The quantitative estimate of drug-likeness (QED) is 0.129. The minimum atomic E-state index is -0.466. The molecule has 1 fully saturated rings. The van der Waals surface area contributed by atoms with Gasteiger partial charge in [0, 0.05) is 53.8 Å². The van der Waals surface area contributed by atoms with E-state index in [2.05, 4.69) is 27.0 Å². The first-order valence-corrected chi connectivity index (χ1v) is 14.0. The van der Waals surface area contributed by atoms with Gasteiger partial charge in [-0.15, -0.1) is 0 Å². The molecule has 204 valence electrons. The zero-order valence-electron chi connectivity index (χ0n) is 22.0. The van der Waals surface area contributed by atoms with Gasteiger partial charge in [-0.1, -0.05) is 23.7 Å². The number of anilines is 1. The van der Waals surface area contributed by atoms with E-state index in [1.807, 2.05) is 30.5 Å². The molecular weight excluding hydrogens is 512 g/mol. The summed E-state index contributed by atoms with van der Waals surface area (Å²) in [5, 5.41) is 14.0. The van der Waals surface area contributed by atoms with Gasteiger partial charge in [-0.3, -0.25) is 9.78 Å². The molecule has 0 aliphatic heterocycles. The summed E-state index contributed by atoms with van der Waals surface area (Å²) in [6.45, 7) is 4.23. The smallest absolute Gasteiger partial charge is 0.248 e. The highest BCUT2D eigenvalue weighted by atomic mass is 35.5. The third-order valence-electron chi connectivity index (χ3n) is 7.10. The van der Waals surface area contributed by atoms with Crippen molar-refractivity contribution < 1.29 is 9.53 Å². The number of aromatic nitrogens is 2. The number of primary amides is 1. The number of halogens is 1. The van der Waals surface area contributed by atoms with Crippen molar-refractivity contribution in [1.82, 2.24) is 20.6 Å². The fourth-order valence-corrected chi connectivity index (χ4v) is 4.93. The Morgan fingerprint density at radius 3 is 2.59 bits per heavy atom. The third kappa shape index (κ3) is 6.95. The molecule has 0 saturated heterocycles. The van der Waals surface area contributed by atoms with Crippen molar-refractivity contribution in [3.8, 4) is 5.75 Å². The van der Waals surface area contributed by atoms with E-state index in [0.717, 1.165) is 91.6 Å². The van der Waals surface area contributed by atoms with Crippen LogP contribution in [0.2, 0.25) is 5.02 Å². The Kier molecular flexibility index (Phi) is 9.08. The zero-order chi connectivity index (χ0) is 27.0. The molecule has 8 nitrogen and oxygen atoms in total. The van der Waals surface area contributed by atoms with Crippen molar-refractivity contribution in [2.45, 2.75) is 44.8 Å². The molecule has 0 bridgehead atoms. The van der Waals surface area contributed by atoms with Crippen LogP contribution in [0.25, 0.3) is 21.7 Å². The number of hydrogen-bond acceptors (Lipinski definition) is 7. The topological polar surface area (TPSA) is 114 Å². The van der Waals surface area contributed by atoms with Gasteiger partial charge in [0.1, 0.15) is 11.6 Å². The minimum absolute atomic E-state index is 0.335. The van der Waals surface area contributed by atoms with E-state index in [1.54, 1.807) is 18.3 Å². The number of hydrogen-bond donors (Lipinski definition) is 4. The molecule has 0 unspecified atom stereocenters. The summed E-state index contributed by atoms with van der Waals surface area (Å²) < 4.78 is 5.92. The van der Waals surface area contributed by atoms with Crippen molar-refractivity contribution in [2.75, 3.05) is 31.5 Å². The molecular formula is C30H35ClN6O2. The first-order chi connectivity index (χ1) is 19.1. The van der Waals surface area contributed by atoms with E-state index in [0.29, 0.717) is 16.7 Å². The van der Waals surface area contributed by atoms with Crippen molar-refractivity contribution in [2.24, 2.45) is 5.73 Å². The normalized spacial score (nSPS) is 13.5. The molecule has 2 heterocycles. The van der Waals surface area contributed by atoms with Gasteiger partial charge in [0.2, 0.25) is 5.91 Å². The largest absolute Gasteiger partial charge is 0.489 e. The van der Waals surface area contributed by atoms with Gasteiger partial charge in [-0.05, 0) is 81.1 Å². The fraction of sp³-hybridized carbons (Fsp3) is 0.367. The van der Waals surface area contributed by atoms with Crippen LogP contribution < -0.4 is 26.4 Å². The molecule has 1 saturated carbocycles. The van der Waals surface area contributed by atoms with Crippen molar-refractivity contribution in [1.29, 1.82) is 0 Å². The molecule has 1 amide bonds. The molecule has 4 aromatic rings. The fourth-order valence-electron chi connectivity index (χ4n) is 4.68. The molecule has 1 aliphatic carbocycles. The number of amides is 1. The van der Waals surface area contributed by atoms with E-state index in [4.69, 9.17) is 27.1 Å². The summed E-state index contributed by atoms with van der Waals surface area (Å²) in [7, 11) is 0. The van der Waals surface area contributed by atoms with Crippen molar-refractivity contribution >= 4 is 45.0 Å². The molecule has 5 rings (SSSR count). The summed E-state index contributed by atoms with van der Waals surface area (Å²) in [5.41, 5.74) is 7.79. The number of nitrogens with two attached hydrogens (primary N) is 1. The van der Waals surface area contributed by atoms with Crippen LogP contribution in [0.5, 0.6) is 5.75 Å². The number of carbonyl (C=O) groups is 1. The second kappa shape index (κ2) is 13.1. The predicted octanol–water partition coefficient (Wildman–Crippen LogP) is 5.04. The Hall–Kier alpha value is -3.46. The summed E-state index contributed by atoms with van der Waals surface area (Å²) in [6.07, 6.45) is 9.60. The molecule has 5 N–H and O–H groups in total. The van der Waals surface area contributed by atoms with Crippen LogP contribution in [0.1, 0.15) is 48.0 Å². The van der Waals surface area contributed by atoms with Crippen LogP contribution in [0.15, 0.2) is 54.9 Å². The lowest BCUT2D eigenvalue weighted by molar-refractivity contribution is 0.100. The highest BCUT2D eigenvalue weighted by Crippen LogP contribution is 2.31. The van der Waals surface area contributed by atoms with Gasteiger partial charge in [-0.25, -0.2) is 4.98 Å². The second-order valence-corrected chi connectivity index (χ2v) is 10.4. The Bertz CT molecular complexity index is 1440. The summed E-state index contributed by atoms with van der Waals surface area (Å²) in [6, 6.07) is 13.4. The number of pyridine rings is 2. The summed E-state index contributed by atoms with van der Waals surface area (Å²) >= 11 is 6.40. The molecule has 0 spiro atoms. The van der Waals surface area contributed by atoms with E-state index in [-0.39, 0.29) is 0 Å². The number of rotatable bonds is 14. The molecule has 9 heteroatoms. The molecule has 0 radical (unpaired) electrons. The van der Waals surface area contributed by atoms with Gasteiger partial charge in [0.25, 0.3) is 0 Å². The molecule has 2 aromatic heterocycles. The van der Waals surface area contributed by atoms with Crippen molar-refractivity contribution in [3.63, 3.8) is 0 Å². The minimum Gasteiger partial charge on any atom is -0.489 e. The number of nitrogens with one attached hydrogen (secondary N) is 3. The maximum atomic E-state index is 11.6. The van der Waals surface area contributed by atoms with Crippen LogP contribution in [0, 0.1) is 0 Å². The Morgan fingerprint density at radius 2 is 1.82 bits per heavy atom. The first-order valence-electron chi connectivity index (χ1n) is 13.7. The third-order valence-corrected chi connectivity index (χ3v) is 7.40. The number of ether oxygens (including phenoxy) is 1. The average Bonchev–Trinajstić information content (AvgIpc) is 2.92. The lowest BCUT2D eigenvalue weighted by Crippen LogP contribution is -2.24. The van der Waals surface area contributed by atoms with Gasteiger partial charge in [0.15, 0.2) is 0 Å². The Labute approximate surface area is 233 Å². The van der Waals surface area contributed by atoms with E-state index >= 15 is 0 Å². The lowest BCUT2D eigenvalue weighted by Gasteiger charge is -2.26. The van der Waals surface area contributed by atoms with Crippen LogP contribution in [0.3, 0.4) is 0 Å². The number of unbranched alkanes of at least 4 members (excludes halogenated alkanes) is 1. The van der Waals surface area contributed by atoms with E-state index in [1.165, 1.54) is 12.0 Å². The Morgan fingerprint density at radius 1 is 0.974 bits per heavy atom. The number of fused-ring (bicyclic) bond motifs is 3. The van der Waals surface area contributed by atoms with Crippen LogP contribution >= 0.6 is 11.6 Å².